The summed E-state index contributed by atoms with van der Waals surface area (Å²) in [6, 6.07) is 1.99. The number of rotatable bonds is 3. The standard InChI is InChI=1S/C11H18O2/c1-7(2)9-6-10(12-5)13-11(9)8(3)4/h6-8H,1-5H3. The lowest BCUT2D eigenvalue weighted by molar-refractivity contribution is 0.290. The van der Waals surface area contributed by atoms with Gasteiger partial charge in [0.15, 0.2) is 0 Å². The molecule has 0 atom stereocenters. The molecule has 0 aliphatic heterocycles. The molecule has 0 aliphatic carbocycles. The fraction of sp³-hybridized carbons (Fsp3) is 0.636. The van der Waals surface area contributed by atoms with Gasteiger partial charge in [-0.25, -0.2) is 0 Å². The van der Waals surface area contributed by atoms with Crippen LogP contribution >= 0.6 is 0 Å². The molecule has 1 aromatic rings. The van der Waals surface area contributed by atoms with Crippen molar-refractivity contribution in [2.45, 2.75) is 39.5 Å². The van der Waals surface area contributed by atoms with Crippen LogP contribution in [-0.4, -0.2) is 7.11 Å². The van der Waals surface area contributed by atoms with Crippen molar-refractivity contribution in [1.82, 2.24) is 0 Å². The van der Waals surface area contributed by atoms with Crippen LogP contribution in [0.1, 0.15) is 50.9 Å². The van der Waals surface area contributed by atoms with Crippen LogP contribution in [0.4, 0.5) is 0 Å². The Morgan fingerprint density at radius 1 is 1.15 bits per heavy atom. The van der Waals surface area contributed by atoms with Crippen molar-refractivity contribution in [3.05, 3.63) is 17.4 Å². The Morgan fingerprint density at radius 3 is 2.08 bits per heavy atom. The molecule has 0 radical (unpaired) electrons. The minimum absolute atomic E-state index is 0.418. The zero-order valence-electron chi connectivity index (χ0n) is 9.05. The summed E-state index contributed by atoms with van der Waals surface area (Å²) in [5.41, 5.74) is 1.26. The number of hydrogen-bond acceptors (Lipinski definition) is 2. The maximum Gasteiger partial charge on any atom is 0.284 e. The highest BCUT2D eigenvalue weighted by Gasteiger charge is 2.16. The van der Waals surface area contributed by atoms with Crippen LogP contribution in [0.5, 0.6) is 5.95 Å². The van der Waals surface area contributed by atoms with E-state index in [4.69, 9.17) is 9.15 Å². The molecule has 0 saturated carbocycles. The molecule has 0 saturated heterocycles. The quantitative estimate of drug-likeness (QED) is 0.713. The fourth-order valence-corrected chi connectivity index (χ4v) is 1.40. The van der Waals surface area contributed by atoms with E-state index < -0.39 is 0 Å². The van der Waals surface area contributed by atoms with Crippen molar-refractivity contribution in [2.75, 3.05) is 7.11 Å². The fourth-order valence-electron chi connectivity index (χ4n) is 1.40. The third-order valence-corrected chi connectivity index (χ3v) is 2.12. The maximum atomic E-state index is 5.56. The first kappa shape index (κ1) is 10.2. The van der Waals surface area contributed by atoms with Crippen LogP contribution in [-0.2, 0) is 0 Å². The van der Waals surface area contributed by atoms with Gasteiger partial charge in [0.05, 0.1) is 7.11 Å². The Morgan fingerprint density at radius 2 is 1.77 bits per heavy atom. The third kappa shape index (κ3) is 2.06. The van der Waals surface area contributed by atoms with E-state index in [-0.39, 0.29) is 0 Å². The van der Waals surface area contributed by atoms with Crippen molar-refractivity contribution in [2.24, 2.45) is 0 Å². The molecule has 0 amide bonds. The van der Waals surface area contributed by atoms with Crippen LogP contribution in [0.15, 0.2) is 10.5 Å². The predicted molar refractivity (Wildman–Crippen MR) is 53.4 cm³/mol. The predicted octanol–water partition coefficient (Wildman–Crippen LogP) is 3.54. The third-order valence-electron chi connectivity index (χ3n) is 2.12. The average Bonchev–Trinajstić information content (AvgIpc) is 2.47. The molecule has 1 aromatic heterocycles. The molecule has 0 spiro atoms. The Labute approximate surface area is 79.9 Å². The molecule has 0 N–H and O–H groups in total. The van der Waals surface area contributed by atoms with Gasteiger partial charge in [0.2, 0.25) is 0 Å². The Balaban J connectivity index is 3.08. The van der Waals surface area contributed by atoms with E-state index in [0.717, 1.165) is 5.76 Å². The molecule has 0 bridgehead atoms. The van der Waals surface area contributed by atoms with Gasteiger partial charge in [-0.15, -0.1) is 0 Å². The van der Waals surface area contributed by atoms with Crippen molar-refractivity contribution >= 4 is 0 Å². The Bertz CT molecular complexity index is 246. The van der Waals surface area contributed by atoms with Gasteiger partial charge in [0.1, 0.15) is 5.76 Å². The Kier molecular flexibility index (Phi) is 3.02. The van der Waals surface area contributed by atoms with Crippen molar-refractivity contribution in [1.29, 1.82) is 0 Å². The lowest BCUT2D eigenvalue weighted by atomic mass is 9.99. The van der Waals surface area contributed by atoms with E-state index >= 15 is 0 Å². The summed E-state index contributed by atoms with van der Waals surface area (Å²) in [6.45, 7) is 8.58. The molecule has 0 aliphatic rings. The molecule has 0 fully saturated rings. The number of hydrogen-bond donors (Lipinski definition) is 0. The monoisotopic (exact) mass is 182 g/mol. The zero-order chi connectivity index (χ0) is 10.0. The molecule has 74 valence electrons. The topological polar surface area (TPSA) is 22.4 Å². The summed E-state index contributed by atoms with van der Waals surface area (Å²) < 4.78 is 10.6. The van der Waals surface area contributed by atoms with Gasteiger partial charge in [-0.1, -0.05) is 27.7 Å². The van der Waals surface area contributed by atoms with Crippen molar-refractivity contribution in [3.8, 4) is 5.95 Å². The Hall–Kier alpha value is -0.920. The molecule has 2 nitrogen and oxygen atoms in total. The first-order chi connectivity index (χ1) is 6.06. The van der Waals surface area contributed by atoms with Gasteiger partial charge in [-0.3, -0.25) is 0 Å². The molecule has 2 heteroatoms. The first-order valence-electron chi connectivity index (χ1n) is 4.73. The lowest BCUT2D eigenvalue weighted by Crippen LogP contribution is -1.93. The molecular formula is C11H18O2. The van der Waals surface area contributed by atoms with Crippen LogP contribution in [0.25, 0.3) is 0 Å². The van der Waals surface area contributed by atoms with Crippen LogP contribution in [0.2, 0.25) is 0 Å². The second kappa shape index (κ2) is 3.86. The largest absolute Gasteiger partial charge is 0.468 e. The van der Waals surface area contributed by atoms with E-state index in [9.17, 15) is 0 Å². The molecule has 1 heterocycles. The number of methoxy groups -OCH3 is 1. The second-order valence-electron chi connectivity index (χ2n) is 3.90. The summed E-state index contributed by atoms with van der Waals surface area (Å²) in [7, 11) is 1.63. The summed E-state index contributed by atoms with van der Waals surface area (Å²) in [5, 5.41) is 0. The van der Waals surface area contributed by atoms with Crippen LogP contribution in [0, 0.1) is 0 Å². The first-order valence-corrected chi connectivity index (χ1v) is 4.73. The zero-order valence-corrected chi connectivity index (χ0v) is 9.05. The lowest BCUT2D eigenvalue weighted by Gasteiger charge is -2.06. The molecule has 13 heavy (non-hydrogen) atoms. The van der Waals surface area contributed by atoms with E-state index in [2.05, 4.69) is 27.7 Å². The number of ether oxygens (including phenoxy) is 1. The molecule has 0 aromatic carbocycles. The SMILES string of the molecule is COc1cc(C(C)C)c(C(C)C)o1. The number of furan rings is 1. The van der Waals surface area contributed by atoms with Crippen molar-refractivity contribution < 1.29 is 9.15 Å². The highest BCUT2D eigenvalue weighted by molar-refractivity contribution is 5.29. The second-order valence-corrected chi connectivity index (χ2v) is 3.90. The van der Waals surface area contributed by atoms with Gasteiger partial charge < -0.3 is 9.15 Å². The summed E-state index contributed by atoms with van der Waals surface area (Å²) in [6.07, 6.45) is 0. The molecule has 1 rings (SSSR count). The van der Waals surface area contributed by atoms with Crippen LogP contribution in [0.3, 0.4) is 0 Å². The minimum atomic E-state index is 0.418. The minimum Gasteiger partial charge on any atom is -0.468 e. The van der Waals surface area contributed by atoms with E-state index in [1.54, 1.807) is 7.11 Å². The van der Waals surface area contributed by atoms with Crippen molar-refractivity contribution in [3.63, 3.8) is 0 Å². The van der Waals surface area contributed by atoms with Crippen LogP contribution < -0.4 is 4.74 Å². The molecular weight excluding hydrogens is 164 g/mol. The van der Waals surface area contributed by atoms with Gasteiger partial charge >= 0.3 is 0 Å². The summed E-state index contributed by atoms with van der Waals surface area (Å²) >= 11 is 0. The average molecular weight is 182 g/mol. The smallest absolute Gasteiger partial charge is 0.284 e. The van der Waals surface area contributed by atoms with Gasteiger partial charge in [-0.05, 0) is 5.92 Å². The highest BCUT2D eigenvalue weighted by atomic mass is 16.6. The van der Waals surface area contributed by atoms with Gasteiger partial charge in [-0.2, -0.15) is 0 Å². The summed E-state index contributed by atoms with van der Waals surface area (Å²) in [4.78, 5) is 0. The van der Waals surface area contributed by atoms with E-state index in [1.165, 1.54) is 5.56 Å². The van der Waals surface area contributed by atoms with E-state index in [0.29, 0.717) is 17.8 Å². The maximum absolute atomic E-state index is 5.56. The van der Waals surface area contributed by atoms with E-state index in [1.807, 2.05) is 6.07 Å². The van der Waals surface area contributed by atoms with Gasteiger partial charge in [0.25, 0.3) is 5.95 Å². The summed E-state index contributed by atoms with van der Waals surface area (Å²) in [5.74, 6) is 2.57. The highest BCUT2D eigenvalue weighted by Crippen LogP contribution is 2.32. The molecule has 0 unspecified atom stereocenters. The van der Waals surface area contributed by atoms with Gasteiger partial charge in [0, 0.05) is 17.5 Å². The normalized spacial score (nSPS) is 11.3.